The highest BCUT2D eigenvalue weighted by Gasteiger charge is 2.34. The number of rotatable bonds is 1. The van der Waals surface area contributed by atoms with E-state index >= 15 is 0 Å². The fourth-order valence-corrected chi connectivity index (χ4v) is 3.38. The maximum absolute atomic E-state index is 12.2. The third-order valence-electron chi connectivity index (χ3n) is 4.60. The number of amides is 1. The van der Waals surface area contributed by atoms with E-state index in [1.54, 1.807) is 11.1 Å². The van der Waals surface area contributed by atoms with Crippen LogP contribution in [0.3, 0.4) is 0 Å². The van der Waals surface area contributed by atoms with Crippen molar-refractivity contribution in [2.45, 2.75) is 58.6 Å². The highest BCUT2D eigenvalue weighted by atomic mass is 16.6. The molecule has 7 heteroatoms. The van der Waals surface area contributed by atoms with Crippen LogP contribution in [0.2, 0.25) is 0 Å². The summed E-state index contributed by atoms with van der Waals surface area (Å²) >= 11 is 0. The zero-order chi connectivity index (χ0) is 18.2. The predicted octanol–water partition coefficient (Wildman–Crippen LogP) is 2.58. The van der Waals surface area contributed by atoms with Gasteiger partial charge in [-0.05, 0) is 40.5 Å². The SMILES string of the molecule is Cc1ncc2c(n1)N(C1CCN(C(=O)OC(C)(C)C)CC1)CCC2=O. The molecule has 3 rings (SSSR count). The quantitative estimate of drug-likeness (QED) is 0.778. The molecule has 1 saturated heterocycles. The Morgan fingerprint density at radius 2 is 1.92 bits per heavy atom. The smallest absolute Gasteiger partial charge is 0.410 e. The Hall–Kier alpha value is -2.18. The van der Waals surface area contributed by atoms with E-state index in [0.717, 1.165) is 18.7 Å². The lowest BCUT2D eigenvalue weighted by molar-refractivity contribution is 0.0204. The molecule has 3 heterocycles. The van der Waals surface area contributed by atoms with Gasteiger partial charge in [0, 0.05) is 38.3 Å². The molecular weight excluding hydrogens is 320 g/mol. The normalized spacial score (nSPS) is 19.0. The largest absolute Gasteiger partial charge is 0.444 e. The number of nitrogens with zero attached hydrogens (tertiary/aromatic N) is 4. The van der Waals surface area contributed by atoms with Crippen LogP contribution in [0, 0.1) is 6.92 Å². The van der Waals surface area contributed by atoms with Crippen LogP contribution >= 0.6 is 0 Å². The molecule has 2 aliphatic rings. The van der Waals surface area contributed by atoms with E-state index in [1.807, 2.05) is 27.7 Å². The van der Waals surface area contributed by atoms with Crippen LogP contribution in [0.5, 0.6) is 0 Å². The fourth-order valence-electron chi connectivity index (χ4n) is 3.38. The molecule has 1 aromatic heterocycles. The van der Waals surface area contributed by atoms with Crippen LogP contribution in [-0.2, 0) is 4.74 Å². The minimum absolute atomic E-state index is 0.109. The molecule has 0 bridgehead atoms. The topological polar surface area (TPSA) is 75.6 Å². The van der Waals surface area contributed by atoms with Gasteiger partial charge < -0.3 is 14.5 Å². The number of aromatic nitrogens is 2. The van der Waals surface area contributed by atoms with Gasteiger partial charge in [0.05, 0.1) is 5.56 Å². The standard InChI is InChI=1S/C18H26N4O3/c1-12-19-11-14-15(23)7-10-22(16(14)20-12)13-5-8-21(9-6-13)17(24)25-18(2,3)4/h11,13H,5-10H2,1-4H3. The first-order valence-electron chi connectivity index (χ1n) is 8.86. The molecule has 1 aromatic rings. The van der Waals surface area contributed by atoms with Gasteiger partial charge in [0.25, 0.3) is 0 Å². The molecule has 2 aliphatic heterocycles. The number of carbonyl (C=O) groups is 2. The van der Waals surface area contributed by atoms with Crippen molar-refractivity contribution in [1.29, 1.82) is 0 Å². The van der Waals surface area contributed by atoms with Gasteiger partial charge in [-0.1, -0.05) is 0 Å². The van der Waals surface area contributed by atoms with Gasteiger partial charge in [-0.25, -0.2) is 14.8 Å². The summed E-state index contributed by atoms with van der Waals surface area (Å²) in [5.74, 6) is 1.53. The van der Waals surface area contributed by atoms with Gasteiger partial charge >= 0.3 is 6.09 Å². The molecule has 0 N–H and O–H groups in total. The third kappa shape index (κ3) is 3.91. The molecule has 25 heavy (non-hydrogen) atoms. The minimum Gasteiger partial charge on any atom is -0.444 e. The van der Waals surface area contributed by atoms with Crippen molar-refractivity contribution in [2.75, 3.05) is 24.5 Å². The van der Waals surface area contributed by atoms with Crippen LogP contribution in [-0.4, -0.2) is 58.0 Å². The molecular formula is C18H26N4O3. The lowest BCUT2D eigenvalue weighted by atomic mass is 9.98. The maximum Gasteiger partial charge on any atom is 0.410 e. The van der Waals surface area contributed by atoms with Crippen LogP contribution in [0.15, 0.2) is 6.20 Å². The van der Waals surface area contributed by atoms with Gasteiger partial charge in [-0.2, -0.15) is 0 Å². The van der Waals surface area contributed by atoms with Crippen LogP contribution < -0.4 is 4.90 Å². The van der Waals surface area contributed by atoms with E-state index in [9.17, 15) is 9.59 Å². The highest BCUT2D eigenvalue weighted by molar-refractivity contribution is 6.02. The average molecular weight is 346 g/mol. The number of anilines is 1. The number of hydrogen-bond acceptors (Lipinski definition) is 6. The monoisotopic (exact) mass is 346 g/mol. The Morgan fingerprint density at radius 3 is 2.56 bits per heavy atom. The van der Waals surface area contributed by atoms with Crippen molar-refractivity contribution in [3.05, 3.63) is 17.6 Å². The predicted molar refractivity (Wildman–Crippen MR) is 93.9 cm³/mol. The van der Waals surface area contributed by atoms with Crippen molar-refractivity contribution >= 4 is 17.7 Å². The first-order valence-corrected chi connectivity index (χ1v) is 8.86. The Bertz CT molecular complexity index is 675. The zero-order valence-electron chi connectivity index (χ0n) is 15.4. The van der Waals surface area contributed by atoms with E-state index in [1.165, 1.54) is 0 Å². The summed E-state index contributed by atoms with van der Waals surface area (Å²) in [5.41, 5.74) is 0.139. The molecule has 0 unspecified atom stereocenters. The molecule has 0 saturated carbocycles. The van der Waals surface area contributed by atoms with Crippen molar-refractivity contribution < 1.29 is 14.3 Å². The minimum atomic E-state index is -0.478. The molecule has 136 valence electrons. The number of likely N-dealkylation sites (tertiary alicyclic amines) is 1. The van der Waals surface area contributed by atoms with E-state index in [0.29, 0.717) is 37.4 Å². The Kier molecular flexibility index (Phi) is 4.67. The Labute approximate surface area is 148 Å². The summed E-state index contributed by atoms with van der Waals surface area (Å²) in [6.45, 7) is 9.46. The molecule has 0 aromatic carbocycles. The van der Waals surface area contributed by atoms with Crippen LogP contribution in [0.25, 0.3) is 0 Å². The van der Waals surface area contributed by atoms with Gasteiger partial charge in [0.2, 0.25) is 0 Å². The van der Waals surface area contributed by atoms with Gasteiger partial charge in [0.1, 0.15) is 17.2 Å². The van der Waals surface area contributed by atoms with Crippen LogP contribution in [0.1, 0.15) is 56.2 Å². The van der Waals surface area contributed by atoms with Gasteiger partial charge in [-0.3, -0.25) is 4.79 Å². The summed E-state index contributed by atoms with van der Waals surface area (Å²) in [5, 5.41) is 0. The number of piperidine rings is 1. The lowest BCUT2D eigenvalue weighted by Gasteiger charge is -2.41. The van der Waals surface area contributed by atoms with Gasteiger partial charge in [0.15, 0.2) is 5.78 Å². The number of hydrogen-bond donors (Lipinski definition) is 0. The summed E-state index contributed by atoms with van der Waals surface area (Å²) in [7, 11) is 0. The molecule has 1 amide bonds. The van der Waals surface area contributed by atoms with E-state index in [4.69, 9.17) is 4.74 Å². The zero-order valence-corrected chi connectivity index (χ0v) is 15.4. The molecule has 0 aliphatic carbocycles. The number of Topliss-reactive ketones (excluding diaryl/α,β-unsaturated/α-hetero) is 1. The first kappa shape index (κ1) is 17.6. The average Bonchev–Trinajstić information content (AvgIpc) is 2.54. The number of ketones is 1. The Balaban J connectivity index is 1.68. The van der Waals surface area contributed by atoms with Crippen LogP contribution in [0.4, 0.5) is 10.6 Å². The summed E-state index contributed by atoms with van der Waals surface area (Å²) in [6.07, 6.45) is 3.57. The number of ether oxygens (including phenoxy) is 1. The maximum atomic E-state index is 12.2. The molecule has 0 radical (unpaired) electrons. The second-order valence-corrected chi connectivity index (χ2v) is 7.72. The van der Waals surface area contributed by atoms with Gasteiger partial charge in [-0.15, -0.1) is 0 Å². The number of fused-ring (bicyclic) bond motifs is 1. The lowest BCUT2D eigenvalue weighted by Crippen LogP contribution is -2.50. The molecule has 0 atom stereocenters. The number of aryl methyl sites for hydroxylation is 1. The number of carbonyl (C=O) groups excluding carboxylic acids is 2. The van der Waals surface area contributed by atoms with Crippen molar-refractivity contribution in [2.24, 2.45) is 0 Å². The Morgan fingerprint density at radius 1 is 1.24 bits per heavy atom. The molecule has 1 fully saturated rings. The highest BCUT2D eigenvalue weighted by Crippen LogP contribution is 2.30. The third-order valence-corrected chi connectivity index (χ3v) is 4.60. The van der Waals surface area contributed by atoms with E-state index in [-0.39, 0.29) is 17.9 Å². The summed E-state index contributed by atoms with van der Waals surface area (Å²) in [4.78, 5) is 37.0. The molecule has 7 nitrogen and oxygen atoms in total. The fraction of sp³-hybridized carbons (Fsp3) is 0.667. The van der Waals surface area contributed by atoms with Crippen molar-refractivity contribution in [1.82, 2.24) is 14.9 Å². The summed E-state index contributed by atoms with van der Waals surface area (Å²) < 4.78 is 5.45. The second-order valence-electron chi connectivity index (χ2n) is 7.72. The van der Waals surface area contributed by atoms with Crippen molar-refractivity contribution in [3.63, 3.8) is 0 Å². The van der Waals surface area contributed by atoms with E-state index < -0.39 is 5.60 Å². The second kappa shape index (κ2) is 6.61. The van der Waals surface area contributed by atoms with E-state index in [2.05, 4.69) is 14.9 Å². The van der Waals surface area contributed by atoms with Crippen molar-refractivity contribution in [3.8, 4) is 0 Å². The first-order chi connectivity index (χ1) is 11.7. The summed E-state index contributed by atoms with van der Waals surface area (Å²) in [6, 6.07) is 0.278. The molecule has 0 spiro atoms.